The summed E-state index contributed by atoms with van der Waals surface area (Å²) in [6.45, 7) is 0.0448. The molecule has 8 nitrogen and oxygen atoms in total. The van der Waals surface area contributed by atoms with Crippen LogP contribution in [0.3, 0.4) is 0 Å². The molecule has 0 atom stereocenters. The molecule has 1 N–H and O–H groups in total. The van der Waals surface area contributed by atoms with Crippen molar-refractivity contribution in [3.8, 4) is 23.6 Å². The molecule has 0 aliphatic carbocycles. The number of carbonyl (C=O) groups excluding carboxylic acids is 1. The highest BCUT2D eigenvalue weighted by Crippen LogP contribution is 2.31. The summed E-state index contributed by atoms with van der Waals surface area (Å²) in [5.74, 6) is 1.18. The lowest BCUT2D eigenvalue weighted by atomic mass is 10.1. The molecule has 26 heavy (non-hydrogen) atoms. The molecule has 0 fully saturated rings. The molecule has 4 rings (SSSR count). The first-order valence-electron chi connectivity index (χ1n) is 7.65. The van der Waals surface area contributed by atoms with Crippen LogP contribution in [0.25, 0.3) is 0 Å². The number of nitrogens with zero attached hydrogens (tertiary/aromatic N) is 4. The zero-order chi connectivity index (χ0) is 17.9. The second-order valence-electron chi connectivity index (χ2n) is 5.38. The molecule has 2 aromatic carbocycles. The number of carbonyl (C=O) groups is 1. The Kier molecular flexibility index (Phi) is 3.88. The average molecular weight is 345 g/mol. The molecular weight excluding hydrogens is 334 g/mol. The van der Waals surface area contributed by atoms with Gasteiger partial charge in [0.25, 0.3) is 0 Å². The molecule has 1 aromatic heterocycles. The Morgan fingerprint density at radius 3 is 2.81 bits per heavy atom. The molecule has 1 aliphatic heterocycles. The summed E-state index contributed by atoms with van der Waals surface area (Å²) in [5.41, 5.74) is 1.83. The van der Waals surface area contributed by atoms with E-state index in [0.717, 1.165) is 5.69 Å². The molecule has 1 aliphatic rings. The summed E-state index contributed by atoms with van der Waals surface area (Å²) >= 11 is 0. The number of benzene rings is 2. The van der Waals surface area contributed by atoms with Gasteiger partial charge >= 0.3 is 6.01 Å². The molecule has 3 aromatic rings. The van der Waals surface area contributed by atoms with Gasteiger partial charge in [-0.25, -0.2) is 4.98 Å². The highest BCUT2D eigenvalue weighted by atomic mass is 16.5. The minimum Gasteiger partial charge on any atom is -0.485 e. The number of rotatable bonds is 4. The quantitative estimate of drug-likeness (QED) is 0.768. The van der Waals surface area contributed by atoms with Gasteiger partial charge in [0, 0.05) is 11.8 Å². The van der Waals surface area contributed by atoms with Crippen LogP contribution in [-0.2, 0) is 0 Å². The molecule has 0 spiro atoms. The third-order valence-electron chi connectivity index (χ3n) is 3.64. The minimum absolute atomic E-state index is 0.0448. The first kappa shape index (κ1) is 15.5. The predicted octanol–water partition coefficient (Wildman–Crippen LogP) is 2.85. The summed E-state index contributed by atoms with van der Waals surface area (Å²) < 4.78 is 10.9. The van der Waals surface area contributed by atoms with Crippen molar-refractivity contribution in [3.05, 3.63) is 59.9 Å². The third kappa shape index (κ3) is 3.14. The van der Waals surface area contributed by atoms with Crippen LogP contribution < -0.4 is 14.8 Å². The Balaban J connectivity index is 1.51. The highest BCUT2D eigenvalue weighted by Gasteiger charge is 2.21. The molecule has 0 saturated carbocycles. The van der Waals surface area contributed by atoms with Gasteiger partial charge in [0.2, 0.25) is 11.7 Å². The minimum atomic E-state index is -0.0550. The van der Waals surface area contributed by atoms with E-state index >= 15 is 0 Å². The van der Waals surface area contributed by atoms with Gasteiger partial charge in [0.15, 0.2) is 6.61 Å². The highest BCUT2D eigenvalue weighted by molar-refractivity contribution is 6.02. The van der Waals surface area contributed by atoms with Gasteiger partial charge in [-0.05, 0) is 36.4 Å². The fourth-order valence-electron chi connectivity index (χ4n) is 2.39. The smallest absolute Gasteiger partial charge is 0.326 e. The van der Waals surface area contributed by atoms with Gasteiger partial charge in [0.05, 0.1) is 17.2 Å². The van der Waals surface area contributed by atoms with E-state index in [1.165, 1.54) is 6.33 Å². The van der Waals surface area contributed by atoms with Crippen molar-refractivity contribution in [3.63, 3.8) is 0 Å². The summed E-state index contributed by atoms with van der Waals surface area (Å²) in [5, 5.41) is 11.8. The van der Waals surface area contributed by atoms with Crippen molar-refractivity contribution in [2.24, 2.45) is 0 Å². The number of nitrogens with one attached hydrogen (secondary N) is 1. The Morgan fingerprint density at radius 2 is 2.00 bits per heavy atom. The summed E-state index contributed by atoms with van der Waals surface area (Å²) in [4.78, 5) is 23.8. The van der Waals surface area contributed by atoms with Crippen LogP contribution in [-0.4, -0.2) is 27.3 Å². The molecule has 0 unspecified atom stereocenters. The van der Waals surface area contributed by atoms with Crippen LogP contribution in [0, 0.1) is 11.3 Å². The molecule has 0 saturated heterocycles. The maximum atomic E-state index is 11.6. The molecule has 8 heteroatoms. The molecular formula is C18H11N5O3. The fraction of sp³-hybridized carbons (Fsp3) is 0.0556. The van der Waals surface area contributed by atoms with E-state index in [1.807, 2.05) is 0 Å². The van der Waals surface area contributed by atoms with Crippen LogP contribution in [0.1, 0.15) is 15.9 Å². The average Bonchev–Trinajstić information content (AvgIpc) is 3.03. The lowest BCUT2D eigenvalue weighted by Crippen LogP contribution is -2.00. The van der Waals surface area contributed by atoms with E-state index in [1.54, 1.807) is 42.5 Å². The van der Waals surface area contributed by atoms with E-state index in [4.69, 9.17) is 14.7 Å². The fourth-order valence-corrected chi connectivity index (χ4v) is 2.39. The largest absolute Gasteiger partial charge is 0.485 e. The molecule has 0 radical (unpaired) electrons. The number of fused-ring (bicyclic) bond motifs is 1. The maximum Gasteiger partial charge on any atom is 0.326 e. The van der Waals surface area contributed by atoms with Gasteiger partial charge in [-0.3, -0.25) is 4.79 Å². The second kappa shape index (κ2) is 6.49. The molecule has 126 valence electrons. The van der Waals surface area contributed by atoms with Gasteiger partial charge < -0.3 is 14.8 Å². The normalized spacial score (nSPS) is 12.0. The molecule has 0 bridgehead atoms. The molecule has 0 amide bonds. The number of ketones is 1. The number of hydrogen-bond donors (Lipinski definition) is 1. The standard InChI is InChI=1S/C18H11N5O3/c19-8-11-1-3-12(4-2-11)22-17-20-10-21-18(23-17)26-13-5-6-14-15(24)9-25-16(14)7-13/h1-7,10H,9H2,(H,20,21,22,23). The lowest BCUT2D eigenvalue weighted by Gasteiger charge is -2.07. The van der Waals surface area contributed by atoms with Crippen molar-refractivity contribution in [1.29, 1.82) is 5.26 Å². The molecule has 2 heterocycles. The van der Waals surface area contributed by atoms with Crippen LogP contribution in [0.2, 0.25) is 0 Å². The van der Waals surface area contributed by atoms with Crippen molar-refractivity contribution >= 4 is 17.4 Å². The SMILES string of the molecule is N#Cc1ccc(Nc2ncnc(Oc3ccc4c(c3)OCC4=O)n2)cc1. The number of anilines is 2. The van der Waals surface area contributed by atoms with Gasteiger partial charge in [-0.2, -0.15) is 15.2 Å². The van der Waals surface area contributed by atoms with Gasteiger partial charge in [-0.15, -0.1) is 0 Å². The monoisotopic (exact) mass is 345 g/mol. The zero-order valence-electron chi connectivity index (χ0n) is 13.3. The summed E-state index contributed by atoms with van der Waals surface area (Å²) in [6, 6.07) is 14.0. The van der Waals surface area contributed by atoms with E-state index in [-0.39, 0.29) is 18.4 Å². The first-order chi connectivity index (χ1) is 12.7. The number of Topliss-reactive ketones (excluding diaryl/α,β-unsaturated/α-hetero) is 1. The lowest BCUT2D eigenvalue weighted by molar-refractivity contribution is 0.0961. The third-order valence-corrected chi connectivity index (χ3v) is 3.64. The topological polar surface area (TPSA) is 110 Å². The Morgan fingerprint density at radius 1 is 1.15 bits per heavy atom. The van der Waals surface area contributed by atoms with Gasteiger partial charge in [0.1, 0.15) is 17.8 Å². The van der Waals surface area contributed by atoms with E-state index in [2.05, 4.69) is 26.3 Å². The van der Waals surface area contributed by atoms with Crippen LogP contribution >= 0.6 is 0 Å². The zero-order valence-corrected chi connectivity index (χ0v) is 13.3. The van der Waals surface area contributed by atoms with Crippen LogP contribution in [0.5, 0.6) is 17.5 Å². The number of ether oxygens (including phenoxy) is 2. The van der Waals surface area contributed by atoms with Crippen LogP contribution in [0.4, 0.5) is 11.6 Å². The van der Waals surface area contributed by atoms with Crippen LogP contribution in [0.15, 0.2) is 48.8 Å². The van der Waals surface area contributed by atoms with E-state index < -0.39 is 0 Å². The number of nitriles is 1. The Labute approximate surface area is 148 Å². The van der Waals surface area contributed by atoms with E-state index in [0.29, 0.717) is 28.6 Å². The predicted molar refractivity (Wildman–Crippen MR) is 90.6 cm³/mol. The maximum absolute atomic E-state index is 11.6. The second-order valence-corrected chi connectivity index (χ2v) is 5.38. The summed E-state index contributed by atoms with van der Waals surface area (Å²) in [7, 11) is 0. The van der Waals surface area contributed by atoms with Crippen molar-refractivity contribution in [2.45, 2.75) is 0 Å². The van der Waals surface area contributed by atoms with Gasteiger partial charge in [-0.1, -0.05) is 0 Å². The van der Waals surface area contributed by atoms with E-state index in [9.17, 15) is 4.79 Å². The Hall–Kier alpha value is -3.99. The summed E-state index contributed by atoms with van der Waals surface area (Å²) in [6.07, 6.45) is 1.32. The van der Waals surface area contributed by atoms with Crippen molar-refractivity contribution in [2.75, 3.05) is 11.9 Å². The first-order valence-corrected chi connectivity index (χ1v) is 7.65. The van der Waals surface area contributed by atoms with Crippen molar-refractivity contribution in [1.82, 2.24) is 15.0 Å². The van der Waals surface area contributed by atoms with Crippen molar-refractivity contribution < 1.29 is 14.3 Å². The number of hydrogen-bond acceptors (Lipinski definition) is 8. The Bertz CT molecular complexity index is 1030. The number of aromatic nitrogens is 3.